The highest BCUT2D eigenvalue weighted by atomic mass is 16.5. The molecule has 0 spiro atoms. The summed E-state index contributed by atoms with van der Waals surface area (Å²) < 4.78 is 16.5. The molecular formula is C29H41N7O5. The lowest BCUT2D eigenvalue weighted by Gasteiger charge is -2.19. The van der Waals surface area contributed by atoms with Gasteiger partial charge >= 0.3 is 0 Å². The molecule has 222 valence electrons. The minimum Gasteiger partial charge on any atom is -0.497 e. The first kappa shape index (κ1) is 31.5. The van der Waals surface area contributed by atoms with Crippen molar-refractivity contribution >= 4 is 29.4 Å². The van der Waals surface area contributed by atoms with E-state index in [1.807, 2.05) is 42.5 Å². The maximum absolute atomic E-state index is 12.0. The fraction of sp³-hybridized carbons (Fsp3) is 0.448. The van der Waals surface area contributed by atoms with Crippen LogP contribution in [0, 0.1) is 5.92 Å². The second kappa shape index (κ2) is 17.6. The Morgan fingerprint density at radius 1 is 0.878 bits per heavy atom. The summed E-state index contributed by atoms with van der Waals surface area (Å²) in [6.07, 6.45) is 0.763. The number of aromatic nitrogens is 3. The van der Waals surface area contributed by atoms with Gasteiger partial charge in [0, 0.05) is 30.4 Å². The maximum Gasteiger partial charge on any atom is 0.251 e. The quantitative estimate of drug-likeness (QED) is 0.136. The summed E-state index contributed by atoms with van der Waals surface area (Å²) in [5.74, 6) is 2.03. The van der Waals surface area contributed by atoms with E-state index >= 15 is 0 Å². The molecule has 1 amide bonds. The average Bonchev–Trinajstić information content (AvgIpc) is 2.97. The molecule has 41 heavy (non-hydrogen) atoms. The van der Waals surface area contributed by atoms with Crippen molar-refractivity contribution in [2.75, 3.05) is 69.2 Å². The molecule has 0 aliphatic carbocycles. The van der Waals surface area contributed by atoms with Crippen molar-refractivity contribution in [3.8, 4) is 5.75 Å². The number of aliphatic hydroxyl groups excluding tert-OH is 1. The summed E-state index contributed by atoms with van der Waals surface area (Å²) in [4.78, 5) is 25.4. The number of hydrogen-bond donors (Lipinski definition) is 5. The normalized spacial score (nSPS) is 11.6. The zero-order valence-corrected chi connectivity index (χ0v) is 23.9. The van der Waals surface area contributed by atoms with Crippen LogP contribution < -0.4 is 26.0 Å². The second-order valence-electron chi connectivity index (χ2n) is 9.59. The molecule has 1 atom stereocenters. The number of ether oxygens (including phenoxy) is 3. The molecule has 0 radical (unpaired) electrons. The van der Waals surface area contributed by atoms with E-state index in [0.717, 1.165) is 12.1 Å². The minimum atomic E-state index is -0.190. The van der Waals surface area contributed by atoms with E-state index in [4.69, 9.17) is 14.2 Å². The van der Waals surface area contributed by atoms with E-state index in [2.05, 4.69) is 50.1 Å². The Labute approximate surface area is 241 Å². The van der Waals surface area contributed by atoms with E-state index < -0.39 is 0 Å². The Balaban J connectivity index is 1.44. The minimum absolute atomic E-state index is 0.0411. The summed E-state index contributed by atoms with van der Waals surface area (Å²) in [7, 11) is 1.61. The first-order valence-electron chi connectivity index (χ1n) is 13.7. The van der Waals surface area contributed by atoms with Crippen molar-refractivity contribution in [1.82, 2.24) is 20.3 Å². The molecule has 12 nitrogen and oxygen atoms in total. The van der Waals surface area contributed by atoms with Crippen LogP contribution in [0.3, 0.4) is 0 Å². The van der Waals surface area contributed by atoms with Crippen molar-refractivity contribution < 1.29 is 24.1 Å². The highest BCUT2D eigenvalue weighted by molar-refractivity contribution is 5.94. The van der Waals surface area contributed by atoms with Crippen molar-refractivity contribution in [2.45, 2.75) is 26.3 Å². The lowest BCUT2D eigenvalue weighted by molar-refractivity contribution is 0.0519. The summed E-state index contributed by atoms with van der Waals surface area (Å²) in [6.45, 7) is 6.66. The smallest absolute Gasteiger partial charge is 0.251 e. The molecule has 1 aromatic heterocycles. The Bertz CT molecular complexity index is 1180. The van der Waals surface area contributed by atoms with Gasteiger partial charge in [0.1, 0.15) is 5.75 Å². The van der Waals surface area contributed by atoms with Crippen LogP contribution in [0.5, 0.6) is 5.75 Å². The Morgan fingerprint density at radius 3 is 2.29 bits per heavy atom. The van der Waals surface area contributed by atoms with Crippen LogP contribution in [0.25, 0.3) is 0 Å². The van der Waals surface area contributed by atoms with Crippen molar-refractivity contribution in [2.24, 2.45) is 5.92 Å². The number of nitrogens with zero attached hydrogens (tertiary/aromatic N) is 3. The van der Waals surface area contributed by atoms with E-state index in [-0.39, 0.29) is 18.6 Å². The number of anilines is 4. The number of hydrogen-bond acceptors (Lipinski definition) is 11. The largest absolute Gasteiger partial charge is 0.497 e. The number of methoxy groups -OCH3 is 1. The van der Waals surface area contributed by atoms with Gasteiger partial charge in [0.05, 0.1) is 46.2 Å². The lowest BCUT2D eigenvalue weighted by Crippen LogP contribution is -2.27. The number of benzene rings is 2. The van der Waals surface area contributed by atoms with Gasteiger partial charge in [-0.1, -0.05) is 38.1 Å². The Morgan fingerprint density at radius 2 is 1.59 bits per heavy atom. The number of rotatable bonds is 19. The standard InChI is InChI=1S/C29H41N7O5/c1-21(2)18-24(20-37)33-29-35-27(34-28(36-29)32-23-10-7-11-25(19-23)39-3)31-13-15-41-17-16-40-14-12-30-26(38)22-8-5-4-6-9-22/h4-11,19,21,24,37H,12-18,20H2,1-3H3,(H,30,38)(H3,31,32,33,34,35,36)/t24-/m1/s1. The molecule has 0 aliphatic heterocycles. The van der Waals surface area contributed by atoms with Gasteiger partial charge < -0.3 is 40.6 Å². The molecule has 2 aromatic carbocycles. The molecule has 5 N–H and O–H groups in total. The van der Waals surface area contributed by atoms with Gasteiger partial charge in [-0.15, -0.1) is 0 Å². The summed E-state index contributed by atoms with van der Waals surface area (Å²) in [5.41, 5.74) is 1.38. The number of carbonyl (C=O) groups is 1. The van der Waals surface area contributed by atoms with Crippen LogP contribution in [0.2, 0.25) is 0 Å². The van der Waals surface area contributed by atoms with Crippen LogP contribution in [0.15, 0.2) is 54.6 Å². The SMILES string of the molecule is COc1cccc(Nc2nc(NCCOCCOCCNC(=O)c3ccccc3)nc(N[C@@H](CO)CC(C)C)n2)c1. The summed E-state index contributed by atoms with van der Waals surface area (Å²) >= 11 is 0. The van der Waals surface area contributed by atoms with E-state index in [9.17, 15) is 9.90 Å². The fourth-order valence-electron chi connectivity index (χ4n) is 3.82. The van der Waals surface area contributed by atoms with Crippen molar-refractivity contribution in [3.63, 3.8) is 0 Å². The van der Waals surface area contributed by atoms with Crippen LogP contribution in [-0.2, 0) is 9.47 Å². The van der Waals surface area contributed by atoms with Crippen LogP contribution in [0.1, 0.15) is 30.6 Å². The second-order valence-corrected chi connectivity index (χ2v) is 9.59. The van der Waals surface area contributed by atoms with Crippen LogP contribution in [-0.4, -0.2) is 85.2 Å². The number of nitrogens with one attached hydrogen (secondary N) is 4. The zero-order chi connectivity index (χ0) is 29.3. The third-order valence-corrected chi connectivity index (χ3v) is 5.74. The average molecular weight is 568 g/mol. The fourth-order valence-corrected chi connectivity index (χ4v) is 3.82. The highest BCUT2D eigenvalue weighted by Gasteiger charge is 2.14. The lowest BCUT2D eigenvalue weighted by atomic mass is 10.0. The molecule has 0 aliphatic rings. The van der Waals surface area contributed by atoms with Gasteiger partial charge in [-0.25, -0.2) is 0 Å². The van der Waals surface area contributed by atoms with Crippen molar-refractivity contribution in [3.05, 3.63) is 60.2 Å². The van der Waals surface area contributed by atoms with Gasteiger partial charge in [-0.3, -0.25) is 4.79 Å². The third kappa shape index (κ3) is 12.0. The molecule has 0 unspecified atom stereocenters. The molecule has 3 aromatic rings. The molecule has 3 rings (SSSR count). The summed E-state index contributed by atoms with van der Waals surface area (Å²) in [5, 5.41) is 22.2. The van der Waals surface area contributed by atoms with Gasteiger partial charge in [-0.05, 0) is 36.6 Å². The van der Waals surface area contributed by atoms with Crippen LogP contribution >= 0.6 is 0 Å². The summed E-state index contributed by atoms with van der Waals surface area (Å²) in [6, 6.07) is 16.3. The molecule has 0 fully saturated rings. The molecule has 0 saturated heterocycles. The predicted octanol–water partition coefficient (Wildman–Crippen LogP) is 3.32. The van der Waals surface area contributed by atoms with Gasteiger partial charge in [0.2, 0.25) is 17.8 Å². The molecule has 0 bridgehead atoms. The molecule has 1 heterocycles. The topological polar surface area (TPSA) is 152 Å². The van der Waals surface area contributed by atoms with Crippen molar-refractivity contribution in [1.29, 1.82) is 0 Å². The molecule has 0 saturated carbocycles. The van der Waals surface area contributed by atoms with Crippen LogP contribution in [0.4, 0.5) is 23.5 Å². The number of carbonyl (C=O) groups excluding carboxylic acids is 1. The number of aliphatic hydroxyl groups is 1. The van der Waals surface area contributed by atoms with Gasteiger partial charge in [-0.2, -0.15) is 15.0 Å². The zero-order valence-electron chi connectivity index (χ0n) is 23.9. The van der Waals surface area contributed by atoms with Gasteiger partial charge in [0.25, 0.3) is 5.91 Å². The monoisotopic (exact) mass is 567 g/mol. The maximum atomic E-state index is 12.0. The van der Waals surface area contributed by atoms with E-state index in [1.165, 1.54) is 0 Å². The Kier molecular flexibility index (Phi) is 13.6. The van der Waals surface area contributed by atoms with E-state index in [0.29, 0.717) is 74.6 Å². The predicted molar refractivity (Wildman–Crippen MR) is 159 cm³/mol. The molecular weight excluding hydrogens is 526 g/mol. The van der Waals surface area contributed by atoms with Gasteiger partial charge in [0.15, 0.2) is 0 Å². The first-order valence-corrected chi connectivity index (χ1v) is 13.7. The first-order chi connectivity index (χ1) is 20.0. The van der Waals surface area contributed by atoms with E-state index in [1.54, 1.807) is 19.2 Å². The Hall–Kier alpha value is -4.00. The highest BCUT2D eigenvalue weighted by Crippen LogP contribution is 2.21. The number of amides is 1. The third-order valence-electron chi connectivity index (χ3n) is 5.74. The molecule has 12 heteroatoms.